The quantitative estimate of drug-likeness (QED) is 0.247. The van der Waals surface area contributed by atoms with Gasteiger partial charge in [0, 0.05) is 44.7 Å². The van der Waals surface area contributed by atoms with Crippen LogP contribution in [0.25, 0.3) is 0 Å². The number of halogens is 1. The summed E-state index contributed by atoms with van der Waals surface area (Å²) in [5.41, 5.74) is 2.49. The molecule has 2 aliphatic heterocycles. The summed E-state index contributed by atoms with van der Waals surface area (Å²) in [6.07, 6.45) is 4.10. The van der Waals surface area contributed by atoms with Gasteiger partial charge in [-0.25, -0.2) is 0 Å². The maximum atomic E-state index is 11.9. The summed E-state index contributed by atoms with van der Waals surface area (Å²) < 4.78 is 0. The zero-order valence-electron chi connectivity index (χ0n) is 18.0. The average Bonchev–Trinajstić information content (AvgIpc) is 3.25. The van der Waals surface area contributed by atoms with Gasteiger partial charge in [0.1, 0.15) is 0 Å². The van der Waals surface area contributed by atoms with E-state index in [1.165, 1.54) is 29.0 Å². The Morgan fingerprint density at radius 3 is 2.50 bits per heavy atom. The van der Waals surface area contributed by atoms with E-state index in [-0.39, 0.29) is 41.8 Å². The van der Waals surface area contributed by atoms with Gasteiger partial charge in [0.2, 0.25) is 11.8 Å². The molecule has 2 fully saturated rings. The van der Waals surface area contributed by atoms with Gasteiger partial charge in [0.15, 0.2) is 5.96 Å². The van der Waals surface area contributed by atoms with Gasteiger partial charge in [-0.15, -0.1) is 24.0 Å². The minimum Gasteiger partial charge on any atom is -0.372 e. The highest BCUT2D eigenvalue weighted by Crippen LogP contribution is 2.24. The van der Waals surface area contributed by atoms with Crippen molar-refractivity contribution in [1.82, 2.24) is 15.5 Å². The number of aliphatic imine (C=N–C) groups is 1. The summed E-state index contributed by atoms with van der Waals surface area (Å²) in [6.45, 7) is 7.88. The number of anilines is 1. The molecule has 0 bridgehead atoms. The minimum absolute atomic E-state index is 0. The molecule has 1 atom stereocenters. The SMILES string of the molecule is CCNC(=NCCN1C(=O)CCCC1=O)NC(C)c1cccc(N2CCCC2)c1.I. The van der Waals surface area contributed by atoms with Crippen molar-refractivity contribution in [3.8, 4) is 0 Å². The second-order valence-electron chi connectivity index (χ2n) is 7.71. The van der Waals surface area contributed by atoms with Gasteiger partial charge in [-0.05, 0) is 50.8 Å². The lowest BCUT2D eigenvalue weighted by atomic mass is 10.1. The van der Waals surface area contributed by atoms with Crippen molar-refractivity contribution in [3.63, 3.8) is 0 Å². The second-order valence-corrected chi connectivity index (χ2v) is 7.71. The predicted molar refractivity (Wildman–Crippen MR) is 131 cm³/mol. The summed E-state index contributed by atoms with van der Waals surface area (Å²) in [6, 6.07) is 8.75. The van der Waals surface area contributed by atoms with E-state index in [1.54, 1.807) is 0 Å². The number of hydrogen-bond acceptors (Lipinski definition) is 4. The number of nitrogens with zero attached hydrogens (tertiary/aromatic N) is 3. The standard InChI is InChI=1S/C22H33N5O2.HI/c1-3-23-22(24-12-15-27-20(28)10-7-11-21(27)29)25-17(2)18-8-6-9-19(16-18)26-13-4-5-14-26;/h6,8-9,16-17H,3-5,7,10-15H2,1-2H3,(H2,23,24,25);1H. The first kappa shape index (κ1) is 24.4. The van der Waals surface area contributed by atoms with Crippen LogP contribution >= 0.6 is 24.0 Å². The van der Waals surface area contributed by atoms with Crippen LogP contribution in [-0.4, -0.2) is 55.4 Å². The zero-order valence-corrected chi connectivity index (χ0v) is 20.4. The molecule has 1 aromatic carbocycles. The lowest BCUT2D eigenvalue weighted by molar-refractivity contribution is -0.147. The van der Waals surface area contributed by atoms with E-state index in [9.17, 15) is 9.59 Å². The van der Waals surface area contributed by atoms with Crippen LogP contribution in [0.2, 0.25) is 0 Å². The van der Waals surface area contributed by atoms with Gasteiger partial charge >= 0.3 is 0 Å². The van der Waals surface area contributed by atoms with Crippen molar-refractivity contribution in [2.24, 2.45) is 4.99 Å². The number of likely N-dealkylation sites (tertiary alicyclic amines) is 1. The molecule has 0 spiro atoms. The first-order valence-corrected chi connectivity index (χ1v) is 10.8. The fourth-order valence-corrected chi connectivity index (χ4v) is 3.89. The normalized spacial score (nSPS) is 18.3. The Bertz CT molecular complexity index is 733. The van der Waals surface area contributed by atoms with Crippen LogP contribution in [0.1, 0.15) is 57.6 Å². The Labute approximate surface area is 196 Å². The molecular formula is C22H34IN5O2. The van der Waals surface area contributed by atoms with Crippen LogP contribution in [0.15, 0.2) is 29.3 Å². The van der Waals surface area contributed by atoms with Crippen LogP contribution in [0.4, 0.5) is 5.69 Å². The maximum absolute atomic E-state index is 11.9. The molecule has 0 saturated carbocycles. The zero-order chi connectivity index (χ0) is 20.6. The Morgan fingerprint density at radius 2 is 1.83 bits per heavy atom. The molecule has 1 aromatic rings. The smallest absolute Gasteiger partial charge is 0.229 e. The van der Waals surface area contributed by atoms with E-state index in [0.717, 1.165) is 19.6 Å². The van der Waals surface area contributed by atoms with Crippen molar-refractivity contribution in [2.45, 2.75) is 52.0 Å². The average molecular weight is 527 g/mol. The van der Waals surface area contributed by atoms with Crippen LogP contribution in [0.3, 0.4) is 0 Å². The molecule has 30 heavy (non-hydrogen) atoms. The third-order valence-electron chi connectivity index (χ3n) is 5.52. The van der Waals surface area contributed by atoms with E-state index in [4.69, 9.17) is 0 Å². The molecule has 2 saturated heterocycles. The maximum Gasteiger partial charge on any atom is 0.229 e. The predicted octanol–water partition coefficient (Wildman–Crippen LogP) is 3.06. The Hall–Kier alpha value is -1.84. The van der Waals surface area contributed by atoms with Crippen molar-refractivity contribution < 1.29 is 9.59 Å². The molecule has 2 heterocycles. The molecule has 3 rings (SSSR count). The number of piperidine rings is 1. The van der Waals surface area contributed by atoms with Crippen LogP contribution in [-0.2, 0) is 9.59 Å². The van der Waals surface area contributed by atoms with Crippen molar-refractivity contribution in [2.75, 3.05) is 37.6 Å². The lowest BCUT2D eigenvalue weighted by Crippen LogP contribution is -2.42. The number of carbonyl (C=O) groups is 2. The van der Waals surface area contributed by atoms with Crippen molar-refractivity contribution >= 4 is 47.4 Å². The summed E-state index contributed by atoms with van der Waals surface area (Å²) in [7, 11) is 0. The molecule has 0 aliphatic carbocycles. The Balaban J connectivity index is 0.00000320. The number of guanidine groups is 1. The van der Waals surface area contributed by atoms with Crippen LogP contribution < -0.4 is 15.5 Å². The van der Waals surface area contributed by atoms with Crippen LogP contribution in [0, 0.1) is 0 Å². The first-order chi connectivity index (χ1) is 14.1. The second kappa shape index (κ2) is 12.1. The fourth-order valence-electron chi connectivity index (χ4n) is 3.89. The molecule has 7 nitrogen and oxygen atoms in total. The largest absolute Gasteiger partial charge is 0.372 e. The number of imide groups is 1. The van der Waals surface area contributed by atoms with Gasteiger partial charge in [0.05, 0.1) is 12.6 Å². The number of hydrogen-bond donors (Lipinski definition) is 2. The van der Waals surface area contributed by atoms with Gasteiger partial charge < -0.3 is 15.5 Å². The van der Waals surface area contributed by atoms with E-state index < -0.39 is 0 Å². The highest BCUT2D eigenvalue weighted by molar-refractivity contribution is 14.0. The van der Waals surface area contributed by atoms with Crippen molar-refractivity contribution in [1.29, 1.82) is 0 Å². The molecule has 2 N–H and O–H groups in total. The first-order valence-electron chi connectivity index (χ1n) is 10.8. The molecule has 0 aromatic heterocycles. The van der Waals surface area contributed by atoms with E-state index in [0.29, 0.717) is 38.3 Å². The molecule has 0 radical (unpaired) electrons. The number of carbonyl (C=O) groups excluding carboxylic acids is 2. The highest BCUT2D eigenvalue weighted by Gasteiger charge is 2.25. The highest BCUT2D eigenvalue weighted by atomic mass is 127. The monoisotopic (exact) mass is 527 g/mol. The summed E-state index contributed by atoms with van der Waals surface area (Å²) in [5, 5.41) is 6.70. The minimum atomic E-state index is -0.0819. The summed E-state index contributed by atoms with van der Waals surface area (Å²) >= 11 is 0. The Morgan fingerprint density at radius 1 is 1.13 bits per heavy atom. The molecule has 2 amide bonds. The fraction of sp³-hybridized carbons (Fsp3) is 0.591. The van der Waals surface area contributed by atoms with Gasteiger partial charge in [0.25, 0.3) is 0 Å². The number of rotatable bonds is 7. The number of amides is 2. The van der Waals surface area contributed by atoms with E-state index in [1.807, 2.05) is 6.92 Å². The topological polar surface area (TPSA) is 77.0 Å². The molecular weight excluding hydrogens is 493 g/mol. The molecule has 166 valence electrons. The summed E-state index contributed by atoms with van der Waals surface area (Å²) in [5.74, 6) is 0.534. The summed E-state index contributed by atoms with van der Waals surface area (Å²) in [4.78, 5) is 32.2. The molecule has 1 unspecified atom stereocenters. The lowest BCUT2D eigenvalue weighted by Gasteiger charge is -2.24. The third-order valence-corrected chi connectivity index (χ3v) is 5.52. The third kappa shape index (κ3) is 6.58. The van der Waals surface area contributed by atoms with Gasteiger partial charge in [-0.1, -0.05) is 12.1 Å². The van der Waals surface area contributed by atoms with Gasteiger partial charge in [-0.2, -0.15) is 0 Å². The number of benzene rings is 1. The Kier molecular flexibility index (Phi) is 9.87. The van der Waals surface area contributed by atoms with E-state index in [2.05, 4.69) is 51.7 Å². The molecule has 8 heteroatoms. The van der Waals surface area contributed by atoms with Gasteiger partial charge in [-0.3, -0.25) is 19.5 Å². The number of nitrogens with one attached hydrogen (secondary N) is 2. The van der Waals surface area contributed by atoms with E-state index >= 15 is 0 Å². The van der Waals surface area contributed by atoms with Crippen molar-refractivity contribution in [3.05, 3.63) is 29.8 Å². The van der Waals surface area contributed by atoms with Crippen LogP contribution in [0.5, 0.6) is 0 Å². The molecule has 2 aliphatic rings.